The molecule has 2 N–H and O–H groups in total. The van der Waals surface area contributed by atoms with Crippen molar-refractivity contribution < 1.29 is 9.90 Å². The molecule has 1 heterocycles. The van der Waals surface area contributed by atoms with Gasteiger partial charge in [-0.3, -0.25) is 0 Å². The zero-order chi connectivity index (χ0) is 17.7. The molecule has 4 heteroatoms. The Balaban J connectivity index is 1.49. The molecule has 2 amide bonds. The Morgan fingerprint density at radius 1 is 1.24 bits per heavy atom. The third-order valence-electron chi connectivity index (χ3n) is 5.96. The van der Waals surface area contributed by atoms with Crippen molar-refractivity contribution in [2.45, 2.75) is 70.3 Å². The van der Waals surface area contributed by atoms with E-state index in [0.717, 1.165) is 18.5 Å². The fourth-order valence-electron chi connectivity index (χ4n) is 4.33. The van der Waals surface area contributed by atoms with Gasteiger partial charge in [-0.1, -0.05) is 51.2 Å². The molecule has 2 fully saturated rings. The third-order valence-corrected chi connectivity index (χ3v) is 5.96. The Morgan fingerprint density at radius 3 is 2.64 bits per heavy atom. The number of piperidine rings is 1. The summed E-state index contributed by atoms with van der Waals surface area (Å²) in [5.74, 6) is 0.677. The van der Waals surface area contributed by atoms with Crippen LogP contribution in [0.5, 0.6) is 0 Å². The topological polar surface area (TPSA) is 52.6 Å². The molecule has 0 unspecified atom stereocenters. The van der Waals surface area contributed by atoms with Crippen molar-refractivity contribution in [2.24, 2.45) is 5.92 Å². The molecule has 0 bridgehead atoms. The van der Waals surface area contributed by atoms with Crippen LogP contribution in [0.3, 0.4) is 0 Å². The number of benzene rings is 1. The summed E-state index contributed by atoms with van der Waals surface area (Å²) in [6, 6.07) is 7.96. The summed E-state index contributed by atoms with van der Waals surface area (Å²) >= 11 is 0. The van der Waals surface area contributed by atoms with Crippen LogP contribution in [-0.2, 0) is 6.42 Å². The lowest BCUT2D eigenvalue weighted by Crippen LogP contribution is -2.48. The van der Waals surface area contributed by atoms with Gasteiger partial charge in [-0.2, -0.15) is 0 Å². The molecule has 1 aliphatic heterocycles. The van der Waals surface area contributed by atoms with E-state index in [0.29, 0.717) is 31.8 Å². The number of rotatable bonds is 4. The monoisotopic (exact) mass is 344 g/mol. The van der Waals surface area contributed by atoms with Crippen LogP contribution in [0.2, 0.25) is 0 Å². The molecule has 0 radical (unpaired) electrons. The van der Waals surface area contributed by atoms with Gasteiger partial charge >= 0.3 is 6.03 Å². The zero-order valence-electron chi connectivity index (χ0n) is 15.5. The summed E-state index contributed by atoms with van der Waals surface area (Å²) in [6.45, 7) is 3.39. The van der Waals surface area contributed by atoms with Crippen LogP contribution in [0.15, 0.2) is 24.3 Å². The number of nitrogens with one attached hydrogen (secondary N) is 1. The van der Waals surface area contributed by atoms with Crippen LogP contribution >= 0.6 is 0 Å². The normalized spacial score (nSPS) is 21.1. The zero-order valence-corrected chi connectivity index (χ0v) is 15.5. The van der Waals surface area contributed by atoms with Crippen LogP contribution < -0.4 is 5.32 Å². The summed E-state index contributed by atoms with van der Waals surface area (Å²) in [6.07, 6.45) is 9.78. The van der Waals surface area contributed by atoms with Crippen LogP contribution in [0.4, 0.5) is 10.5 Å². The van der Waals surface area contributed by atoms with E-state index in [-0.39, 0.29) is 6.03 Å². The van der Waals surface area contributed by atoms with Gasteiger partial charge in [0.1, 0.15) is 0 Å². The van der Waals surface area contributed by atoms with E-state index in [4.69, 9.17) is 0 Å². The molecule has 3 rings (SSSR count). The van der Waals surface area contributed by atoms with Crippen molar-refractivity contribution in [1.82, 2.24) is 4.90 Å². The maximum atomic E-state index is 12.5. The number of aryl methyl sites for hydroxylation is 1. The largest absolute Gasteiger partial charge is 0.390 e. The molecule has 1 saturated heterocycles. The van der Waals surface area contributed by atoms with Gasteiger partial charge in [-0.15, -0.1) is 0 Å². The van der Waals surface area contributed by atoms with E-state index < -0.39 is 5.60 Å². The lowest BCUT2D eigenvalue weighted by molar-refractivity contribution is -0.0337. The first-order valence-electron chi connectivity index (χ1n) is 9.95. The van der Waals surface area contributed by atoms with Crippen molar-refractivity contribution in [1.29, 1.82) is 0 Å². The fourth-order valence-corrected chi connectivity index (χ4v) is 4.33. The third kappa shape index (κ3) is 4.97. The number of amides is 2. The van der Waals surface area contributed by atoms with Crippen LogP contribution in [0.25, 0.3) is 0 Å². The molecular weight excluding hydrogens is 312 g/mol. The lowest BCUT2D eigenvalue weighted by Gasteiger charge is -2.40. The Hall–Kier alpha value is -1.55. The first kappa shape index (κ1) is 18.2. The number of carbonyl (C=O) groups excluding carboxylic acids is 1. The van der Waals surface area contributed by atoms with E-state index in [2.05, 4.69) is 18.3 Å². The highest BCUT2D eigenvalue weighted by atomic mass is 16.3. The number of aliphatic hydroxyl groups is 1. The van der Waals surface area contributed by atoms with E-state index in [1.807, 2.05) is 23.1 Å². The van der Waals surface area contributed by atoms with E-state index in [1.165, 1.54) is 37.7 Å². The molecule has 2 aliphatic rings. The minimum absolute atomic E-state index is 0.0482. The molecule has 4 nitrogen and oxygen atoms in total. The fraction of sp³-hybridized carbons (Fsp3) is 0.667. The van der Waals surface area contributed by atoms with Gasteiger partial charge in [0.15, 0.2) is 0 Å². The van der Waals surface area contributed by atoms with E-state index in [1.54, 1.807) is 0 Å². The number of hydrogen-bond acceptors (Lipinski definition) is 2. The highest BCUT2D eigenvalue weighted by Gasteiger charge is 2.36. The molecule has 1 aromatic carbocycles. The van der Waals surface area contributed by atoms with Crippen LogP contribution in [0, 0.1) is 5.92 Å². The molecule has 1 aromatic rings. The quantitative estimate of drug-likeness (QED) is 0.840. The summed E-state index contributed by atoms with van der Waals surface area (Å²) in [5.41, 5.74) is 1.51. The van der Waals surface area contributed by atoms with Gasteiger partial charge in [0, 0.05) is 18.8 Å². The number of carbonyl (C=O) groups is 1. The molecule has 1 saturated carbocycles. The molecule has 0 atom stereocenters. The van der Waals surface area contributed by atoms with Gasteiger partial charge < -0.3 is 15.3 Å². The second-order valence-electron chi connectivity index (χ2n) is 7.90. The van der Waals surface area contributed by atoms with Gasteiger partial charge in [-0.05, 0) is 49.3 Å². The molecule has 1 aliphatic carbocycles. The predicted octanol–water partition coefficient (Wildman–Crippen LogP) is 4.58. The lowest BCUT2D eigenvalue weighted by atomic mass is 9.77. The molecule has 25 heavy (non-hydrogen) atoms. The average molecular weight is 344 g/mol. The summed E-state index contributed by atoms with van der Waals surface area (Å²) < 4.78 is 0. The summed E-state index contributed by atoms with van der Waals surface area (Å²) in [7, 11) is 0. The van der Waals surface area contributed by atoms with Gasteiger partial charge in [-0.25, -0.2) is 4.79 Å². The minimum atomic E-state index is -0.569. The number of likely N-dealkylation sites (tertiary alicyclic amines) is 1. The Labute approximate surface area is 151 Å². The van der Waals surface area contributed by atoms with E-state index >= 15 is 0 Å². The first-order chi connectivity index (χ1) is 12.1. The SMILES string of the molecule is CCc1cccc(NC(=O)N2CCC(O)(CC3CCCCC3)CC2)c1. The van der Waals surface area contributed by atoms with Crippen molar-refractivity contribution in [3.05, 3.63) is 29.8 Å². The Kier molecular flexibility index (Phi) is 6.00. The Bertz CT molecular complexity index is 573. The summed E-state index contributed by atoms with van der Waals surface area (Å²) in [4.78, 5) is 14.3. The van der Waals surface area contributed by atoms with Gasteiger partial charge in [0.05, 0.1) is 5.60 Å². The van der Waals surface area contributed by atoms with Crippen molar-refractivity contribution >= 4 is 11.7 Å². The second-order valence-corrected chi connectivity index (χ2v) is 7.90. The standard InChI is InChI=1S/C21H32N2O2/c1-2-17-9-6-10-19(15-17)22-20(24)23-13-11-21(25,12-14-23)16-18-7-4-3-5-8-18/h6,9-10,15,18,25H,2-5,7-8,11-14,16H2,1H3,(H,22,24). The van der Waals surface area contributed by atoms with Crippen LogP contribution in [0.1, 0.15) is 63.9 Å². The minimum Gasteiger partial charge on any atom is -0.390 e. The Morgan fingerprint density at radius 2 is 1.96 bits per heavy atom. The molecule has 0 aromatic heterocycles. The highest BCUT2D eigenvalue weighted by molar-refractivity contribution is 5.89. The number of anilines is 1. The maximum absolute atomic E-state index is 12.5. The molecule has 0 spiro atoms. The van der Waals surface area contributed by atoms with E-state index in [9.17, 15) is 9.90 Å². The number of urea groups is 1. The van der Waals surface area contributed by atoms with Crippen molar-refractivity contribution in [3.8, 4) is 0 Å². The number of nitrogens with zero attached hydrogens (tertiary/aromatic N) is 1. The van der Waals surface area contributed by atoms with Crippen LogP contribution in [-0.4, -0.2) is 34.7 Å². The first-order valence-corrected chi connectivity index (χ1v) is 9.95. The van der Waals surface area contributed by atoms with Crippen molar-refractivity contribution in [2.75, 3.05) is 18.4 Å². The van der Waals surface area contributed by atoms with Gasteiger partial charge in [0.25, 0.3) is 0 Å². The number of hydrogen-bond donors (Lipinski definition) is 2. The summed E-state index contributed by atoms with van der Waals surface area (Å²) in [5, 5.41) is 13.9. The maximum Gasteiger partial charge on any atom is 0.321 e. The predicted molar refractivity (Wildman–Crippen MR) is 102 cm³/mol. The second kappa shape index (κ2) is 8.22. The van der Waals surface area contributed by atoms with Crippen molar-refractivity contribution in [3.63, 3.8) is 0 Å². The smallest absolute Gasteiger partial charge is 0.321 e. The molecular formula is C21H32N2O2. The van der Waals surface area contributed by atoms with Gasteiger partial charge in [0.2, 0.25) is 0 Å². The molecule has 138 valence electrons. The highest BCUT2D eigenvalue weighted by Crippen LogP contribution is 2.35. The average Bonchev–Trinajstić information content (AvgIpc) is 2.63.